The molecule has 0 aliphatic carbocycles. The van der Waals surface area contributed by atoms with E-state index >= 15 is 0 Å². The molecule has 2 rings (SSSR count). The van der Waals surface area contributed by atoms with E-state index in [0.717, 1.165) is 11.3 Å². The summed E-state index contributed by atoms with van der Waals surface area (Å²) in [6.45, 7) is 1.91. The van der Waals surface area contributed by atoms with E-state index in [9.17, 15) is 4.79 Å². The van der Waals surface area contributed by atoms with Gasteiger partial charge in [-0.25, -0.2) is 4.98 Å². The molecule has 1 aromatic heterocycles. The van der Waals surface area contributed by atoms with Crippen LogP contribution in [0.2, 0.25) is 5.02 Å². The molecule has 0 spiro atoms. The average molecular weight is 251 g/mol. The quantitative estimate of drug-likeness (QED) is 0.910. The van der Waals surface area contributed by atoms with Crippen LogP contribution in [-0.2, 0) is 11.2 Å². The number of benzene rings is 1. The van der Waals surface area contributed by atoms with Crippen LogP contribution in [0.4, 0.5) is 0 Å². The van der Waals surface area contributed by atoms with Crippen LogP contribution >= 0.6 is 11.6 Å². The van der Waals surface area contributed by atoms with E-state index in [2.05, 4.69) is 4.98 Å². The molecule has 0 saturated carbocycles. The topological polar surface area (TPSA) is 55.1 Å². The fourth-order valence-electron chi connectivity index (χ4n) is 1.62. The van der Waals surface area contributed by atoms with Crippen molar-refractivity contribution in [3.05, 3.63) is 47.0 Å². The number of carbonyl (C=O) groups is 1. The van der Waals surface area contributed by atoms with Crippen LogP contribution in [0.5, 0.6) is 0 Å². The van der Waals surface area contributed by atoms with Crippen LogP contribution in [0.15, 0.2) is 30.7 Å². The Morgan fingerprint density at radius 2 is 2.29 bits per heavy atom. The predicted molar refractivity (Wildman–Crippen MR) is 64.7 cm³/mol. The number of carboxylic acid groups (broad SMARTS) is 1. The summed E-state index contributed by atoms with van der Waals surface area (Å²) in [5.74, 6) is -0.891. The minimum atomic E-state index is -0.891. The fraction of sp³-hybridized carbons (Fsp3) is 0.167. The molecule has 17 heavy (non-hydrogen) atoms. The molecule has 0 bridgehead atoms. The van der Waals surface area contributed by atoms with Gasteiger partial charge in [0.15, 0.2) is 0 Å². The smallest absolute Gasteiger partial charge is 0.309 e. The first-order chi connectivity index (χ1) is 8.08. The van der Waals surface area contributed by atoms with E-state index in [1.807, 2.05) is 25.1 Å². The highest BCUT2D eigenvalue weighted by molar-refractivity contribution is 6.31. The number of carboxylic acids is 1. The second-order valence-corrected chi connectivity index (χ2v) is 4.13. The van der Waals surface area contributed by atoms with Crippen molar-refractivity contribution in [1.29, 1.82) is 0 Å². The van der Waals surface area contributed by atoms with Gasteiger partial charge in [0.05, 0.1) is 24.1 Å². The highest BCUT2D eigenvalue weighted by Crippen LogP contribution is 2.22. The van der Waals surface area contributed by atoms with E-state index in [4.69, 9.17) is 16.7 Å². The Hall–Kier alpha value is -1.81. The fourth-order valence-corrected chi connectivity index (χ4v) is 1.79. The van der Waals surface area contributed by atoms with Gasteiger partial charge in [0.25, 0.3) is 0 Å². The van der Waals surface area contributed by atoms with Gasteiger partial charge in [0, 0.05) is 11.2 Å². The molecule has 0 aliphatic rings. The number of aliphatic carboxylic acids is 1. The largest absolute Gasteiger partial charge is 0.481 e. The third-order valence-electron chi connectivity index (χ3n) is 2.49. The highest BCUT2D eigenvalue weighted by Gasteiger charge is 2.07. The maximum absolute atomic E-state index is 10.6. The van der Waals surface area contributed by atoms with Crippen molar-refractivity contribution in [2.24, 2.45) is 0 Å². The second kappa shape index (κ2) is 4.59. The van der Waals surface area contributed by atoms with Crippen molar-refractivity contribution in [3.63, 3.8) is 0 Å². The van der Waals surface area contributed by atoms with Crippen molar-refractivity contribution in [3.8, 4) is 5.69 Å². The summed E-state index contributed by atoms with van der Waals surface area (Å²) in [7, 11) is 0. The molecule has 5 heteroatoms. The zero-order valence-corrected chi connectivity index (χ0v) is 9.98. The number of aromatic nitrogens is 2. The Labute approximate surface area is 103 Å². The molecule has 4 nitrogen and oxygen atoms in total. The van der Waals surface area contributed by atoms with Gasteiger partial charge in [-0.3, -0.25) is 4.79 Å². The van der Waals surface area contributed by atoms with E-state index in [1.165, 1.54) is 0 Å². The van der Waals surface area contributed by atoms with Crippen LogP contribution < -0.4 is 0 Å². The van der Waals surface area contributed by atoms with Gasteiger partial charge in [-0.2, -0.15) is 0 Å². The summed E-state index contributed by atoms with van der Waals surface area (Å²) in [4.78, 5) is 14.6. The minimum absolute atomic E-state index is 0.0768. The van der Waals surface area contributed by atoms with Crippen LogP contribution in [0, 0.1) is 6.92 Å². The monoisotopic (exact) mass is 250 g/mol. The first-order valence-electron chi connectivity index (χ1n) is 5.08. The summed E-state index contributed by atoms with van der Waals surface area (Å²) in [5.41, 5.74) is 2.37. The summed E-state index contributed by atoms with van der Waals surface area (Å²) in [5, 5.41) is 9.35. The molecule has 2 aromatic rings. The minimum Gasteiger partial charge on any atom is -0.481 e. The van der Waals surface area contributed by atoms with Crippen molar-refractivity contribution in [2.45, 2.75) is 13.3 Å². The summed E-state index contributed by atoms with van der Waals surface area (Å²) >= 11 is 6.03. The van der Waals surface area contributed by atoms with Gasteiger partial charge < -0.3 is 9.67 Å². The van der Waals surface area contributed by atoms with E-state index in [-0.39, 0.29) is 6.42 Å². The lowest BCUT2D eigenvalue weighted by Gasteiger charge is -2.07. The number of nitrogens with zero attached hydrogens (tertiary/aromatic N) is 2. The predicted octanol–water partition coefficient (Wildman–Crippen LogP) is 2.46. The average Bonchev–Trinajstić information content (AvgIpc) is 2.69. The normalized spacial score (nSPS) is 10.5. The van der Waals surface area contributed by atoms with E-state index in [1.54, 1.807) is 17.1 Å². The maximum atomic E-state index is 10.6. The molecule has 0 fully saturated rings. The molecule has 0 saturated heterocycles. The molecule has 0 aliphatic heterocycles. The van der Waals surface area contributed by atoms with Crippen molar-refractivity contribution >= 4 is 17.6 Å². The molecule has 0 radical (unpaired) electrons. The van der Waals surface area contributed by atoms with Gasteiger partial charge in [-0.1, -0.05) is 17.7 Å². The molecule has 0 unspecified atom stereocenters. The molecular formula is C12H11ClN2O2. The third-order valence-corrected chi connectivity index (χ3v) is 2.90. The van der Waals surface area contributed by atoms with Crippen LogP contribution in [0.25, 0.3) is 5.69 Å². The van der Waals surface area contributed by atoms with Gasteiger partial charge in [0.1, 0.15) is 0 Å². The first kappa shape index (κ1) is 11.7. The Morgan fingerprint density at radius 3 is 3.00 bits per heavy atom. The zero-order valence-electron chi connectivity index (χ0n) is 9.22. The van der Waals surface area contributed by atoms with Crippen molar-refractivity contribution in [1.82, 2.24) is 9.55 Å². The lowest BCUT2D eigenvalue weighted by molar-refractivity contribution is -0.136. The van der Waals surface area contributed by atoms with Crippen LogP contribution in [-0.4, -0.2) is 20.6 Å². The maximum Gasteiger partial charge on any atom is 0.309 e. The SMILES string of the molecule is Cc1c(Cl)cccc1-n1cnc(CC(=O)O)c1. The van der Waals surface area contributed by atoms with Gasteiger partial charge in [0.2, 0.25) is 0 Å². The van der Waals surface area contributed by atoms with Gasteiger partial charge in [-0.15, -0.1) is 0 Å². The summed E-state index contributed by atoms with van der Waals surface area (Å²) < 4.78 is 1.78. The molecule has 1 N–H and O–H groups in total. The van der Waals surface area contributed by atoms with Crippen molar-refractivity contribution in [2.75, 3.05) is 0 Å². The first-order valence-corrected chi connectivity index (χ1v) is 5.46. The van der Waals surface area contributed by atoms with E-state index in [0.29, 0.717) is 10.7 Å². The van der Waals surface area contributed by atoms with E-state index < -0.39 is 5.97 Å². The van der Waals surface area contributed by atoms with Crippen molar-refractivity contribution < 1.29 is 9.90 Å². The van der Waals surface area contributed by atoms with Gasteiger partial charge in [-0.05, 0) is 24.6 Å². The molecule has 1 heterocycles. The van der Waals surface area contributed by atoms with Gasteiger partial charge >= 0.3 is 5.97 Å². The number of halogens is 1. The number of rotatable bonds is 3. The number of imidazole rings is 1. The Morgan fingerprint density at radius 1 is 1.53 bits per heavy atom. The Balaban J connectivity index is 2.37. The summed E-state index contributed by atoms with van der Waals surface area (Å²) in [6, 6.07) is 5.57. The molecule has 1 aromatic carbocycles. The molecule has 0 amide bonds. The molecule has 88 valence electrons. The van der Waals surface area contributed by atoms with Crippen LogP contribution in [0.3, 0.4) is 0 Å². The second-order valence-electron chi connectivity index (χ2n) is 3.73. The molecule has 0 atom stereocenters. The number of hydrogen-bond acceptors (Lipinski definition) is 2. The molecular weight excluding hydrogens is 240 g/mol. The Bertz CT molecular complexity index is 563. The third kappa shape index (κ3) is 2.47. The van der Waals surface area contributed by atoms with Crippen LogP contribution in [0.1, 0.15) is 11.3 Å². The summed E-state index contributed by atoms with van der Waals surface area (Å²) in [6.07, 6.45) is 3.22. The zero-order chi connectivity index (χ0) is 12.4. The lowest BCUT2D eigenvalue weighted by Crippen LogP contribution is -2.00. The Kier molecular flexibility index (Phi) is 3.15. The highest BCUT2D eigenvalue weighted by atomic mass is 35.5. The number of hydrogen-bond donors (Lipinski definition) is 1. The standard InChI is InChI=1S/C12H11ClN2O2/c1-8-10(13)3-2-4-11(8)15-6-9(14-7-15)5-12(16)17/h2-4,6-7H,5H2,1H3,(H,16,17). The lowest BCUT2D eigenvalue weighted by atomic mass is 10.2.